The predicted molar refractivity (Wildman–Crippen MR) is 97.9 cm³/mol. The minimum absolute atomic E-state index is 0.130. The maximum atomic E-state index is 12.5. The highest BCUT2D eigenvalue weighted by Gasteiger charge is 2.29. The fourth-order valence-corrected chi connectivity index (χ4v) is 2.22. The highest BCUT2D eigenvalue weighted by atomic mass is 16.6. The molecule has 0 saturated carbocycles. The molecule has 0 fully saturated rings. The molecule has 0 aliphatic heterocycles. The molecule has 1 amide bonds. The van der Waals surface area contributed by atoms with Gasteiger partial charge in [0.2, 0.25) is 0 Å². The van der Waals surface area contributed by atoms with E-state index in [9.17, 15) is 9.59 Å². The molecule has 139 valence electrons. The minimum Gasteiger partial charge on any atom is -0.448 e. The van der Waals surface area contributed by atoms with Gasteiger partial charge in [-0.15, -0.1) is 0 Å². The summed E-state index contributed by atoms with van der Waals surface area (Å²) in [6.45, 7) is 12.8. The lowest BCUT2D eigenvalue weighted by Crippen LogP contribution is -2.47. The number of ether oxygens (including phenoxy) is 2. The zero-order valence-electron chi connectivity index (χ0n) is 16.3. The molecule has 0 aliphatic rings. The van der Waals surface area contributed by atoms with Crippen LogP contribution in [0.5, 0.6) is 0 Å². The normalized spacial score (nSPS) is 12.8. The van der Waals surface area contributed by atoms with Crippen molar-refractivity contribution in [1.82, 2.24) is 5.32 Å². The van der Waals surface area contributed by atoms with Crippen LogP contribution in [0.15, 0.2) is 24.3 Å². The maximum Gasteiger partial charge on any atom is 0.408 e. The van der Waals surface area contributed by atoms with Gasteiger partial charge in [-0.05, 0) is 51.2 Å². The Morgan fingerprint density at radius 1 is 1.20 bits per heavy atom. The second-order valence-corrected chi connectivity index (χ2v) is 7.40. The predicted octanol–water partition coefficient (Wildman–Crippen LogP) is 4.24. The van der Waals surface area contributed by atoms with Crippen LogP contribution in [0.4, 0.5) is 4.79 Å². The number of carbonyl (C=O) groups is 2. The van der Waals surface area contributed by atoms with Crippen LogP contribution < -0.4 is 5.32 Å². The fourth-order valence-electron chi connectivity index (χ4n) is 2.22. The quantitative estimate of drug-likeness (QED) is 0.781. The Bertz CT molecular complexity index is 590. The van der Waals surface area contributed by atoms with E-state index in [1.807, 2.05) is 38.1 Å². The zero-order chi connectivity index (χ0) is 19.2. The number of carbonyl (C=O) groups excluding carboxylic acids is 2. The van der Waals surface area contributed by atoms with Crippen LogP contribution in [0.25, 0.3) is 0 Å². The second kappa shape index (κ2) is 8.88. The van der Waals surface area contributed by atoms with E-state index in [0.29, 0.717) is 6.10 Å². The molecule has 0 heterocycles. The number of alkyl carbamates (subject to hydrolysis) is 1. The monoisotopic (exact) mass is 348 g/mol. The Hall–Kier alpha value is -2.04. The van der Waals surface area contributed by atoms with Crippen LogP contribution in [0.2, 0.25) is 0 Å². The molecule has 5 nitrogen and oxygen atoms in total. The van der Waals surface area contributed by atoms with Crippen molar-refractivity contribution >= 4 is 12.1 Å². The molecule has 1 rings (SSSR count). The molecular weight excluding hydrogens is 318 g/mol. The van der Waals surface area contributed by atoms with Crippen molar-refractivity contribution in [3.05, 3.63) is 41.5 Å². The van der Waals surface area contributed by atoms with Crippen molar-refractivity contribution in [2.45, 2.75) is 66.5 Å². The number of hydrogen-bond donors (Lipinski definition) is 1. The van der Waals surface area contributed by atoms with E-state index in [2.05, 4.69) is 12.2 Å². The topological polar surface area (TPSA) is 64.6 Å². The van der Waals surface area contributed by atoms with Crippen molar-refractivity contribution < 1.29 is 19.1 Å². The number of amides is 1. The standard InChI is InChI=1S/C20H30NO4/c1-8-15-10-9-11-16(12-15)14(4)24-18(22)17(13(2)3)21-19(23)25-20(5,6)7/h9-13,17H,8H2,1-7H3,(H,21,23)/t17-/m0/s1. The van der Waals surface area contributed by atoms with Crippen molar-refractivity contribution in [2.24, 2.45) is 5.92 Å². The molecule has 1 atom stereocenters. The number of hydrogen-bond acceptors (Lipinski definition) is 4. The van der Waals surface area contributed by atoms with E-state index >= 15 is 0 Å². The van der Waals surface area contributed by atoms with Gasteiger partial charge in [0.15, 0.2) is 6.10 Å². The molecule has 1 aromatic carbocycles. The molecule has 0 bridgehead atoms. The average molecular weight is 348 g/mol. The van der Waals surface area contributed by atoms with Gasteiger partial charge in [-0.3, -0.25) is 0 Å². The van der Waals surface area contributed by atoms with E-state index in [1.165, 1.54) is 5.56 Å². The van der Waals surface area contributed by atoms with Gasteiger partial charge in [0.05, 0.1) is 0 Å². The summed E-state index contributed by atoms with van der Waals surface area (Å²) in [6.07, 6.45) is 0.787. The van der Waals surface area contributed by atoms with Crippen molar-refractivity contribution in [3.8, 4) is 0 Å². The number of nitrogens with one attached hydrogen (secondary N) is 1. The van der Waals surface area contributed by atoms with Crippen LogP contribution >= 0.6 is 0 Å². The van der Waals surface area contributed by atoms with E-state index < -0.39 is 23.7 Å². The molecule has 0 unspecified atom stereocenters. The summed E-state index contributed by atoms with van der Waals surface area (Å²) in [4.78, 5) is 24.5. The van der Waals surface area contributed by atoms with Gasteiger partial charge in [0.1, 0.15) is 11.6 Å². The van der Waals surface area contributed by atoms with Crippen molar-refractivity contribution in [2.75, 3.05) is 0 Å². The van der Waals surface area contributed by atoms with Crippen molar-refractivity contribution in [1.29, 1.82) is 0 Å². The van der Waals surface area contributed by atoms with E-state index in [1.54, 1.807) is 27.7 Å². The van der Waals surface area contributed by atoms with E-state index in [-0.39, 0.29) is 5.92 Å². The van der Waals surface area contributed by atoms with Gasteiger partial charge < -0.3 is 14.8 Å². The molecule has 0 spiro atoms. The van der Waals surface area contributed by atoms with Gasteiger partial charge in [-0.2, -0.15) is 0 Å². The van der Waals surface area contributed by atoms with Gasteiger partial charge in [0.25, 0.3) is 0 Å². The molecule has 5 heteroatoms. The van der Waals surface area contributed by atoms with Crippen LogP contribution in [0.3, 0.4) is 0 Å². The molecule has 1 radical (unpaired) electrons. The first-order valence-electron chi connectivity index (χ1n) is 8.67. The molecule has 0 saturated heterocycles. The maximum absolute atomic E-state index is 12.5. The summed E-state index contributed by atoms with van der Waals surface area (Å²) in [7, 11) is 0. The number of aryl methyl sites for hydroxylation is 1. The molecule has 25 heavy (non-hydrogen) atoms. The molecular formula is C20H30NO4. The summed E-state index contributed by atoms with van der Waals surface area (Å²) < 4.78 is 10.7. The van der Waals surface area contributed by atoms with Gasteiger partial charge in [-0.25, -0.2) is 9.59 Å². The highest BCUT2D eigenvalue weighted by molar-refractivity contribution is 5.82. The van der Waals surface area contributed by atoms with Crippen LogP contribution in [-0.2, 0) is 20.7 Å². The van der Waals surface area contributed by atoms with Crippen LogP contribution in [0.1, 0.15) is 59.6 Å². The van der Waals surface area contributed by atoms with Gasteiger partial charge in [0, 0.05) is 0 Å². The Morgan fingerprint density at radius 2 is 1.84 bits per heavy atom. The Kier molecular flexibility index (Phi) is 7.46. The lowest BCUT2D eigenvalue weighted by Gasteiger charge is -2.25. The smallest absolute Gasteiger partial charge is 0.408 e. The van der Waals surface area contributed by atoms with Crippen molar-refractivity contribution in [3.63, 3.8) is 0 Å². The summed E-state index contributed by atoms with van der Waals surface area (Å²) in [6, 6.07) is 7.07. The number of esters is 1. The summed E-state index contributed by atoms with van der Waals surface area (Å²) >= 11 is 0. The third-order valence-electron chi connectivity index (χ3n) is 3.59. The lowest BCUT2D eigenvalue weighted by molar-refractivity contribution is -0.145. The van der Waals surface area contributed by atoms with Crippen LogP contribution in [-0.4, -0.2) is 23.7 Å². The van der Waals surface area contributed by atoms with Gasteiger partial charge in [-0.1, -0.05) is 45.0 Å². The average Bonchev–Trinajstić information content (AvgIpc) is 2.50. The van der Waals surface area contributed by atoms with Gasteiger partial charge >= 0.3 is 12.1 Å². The molecule has 1 N–H and O–H groups in total. The minimum atomic E-state index is -0.779. The third kappa shape index (κ3) is 7.16. The largest absolute Gasteiger partial charge is 0.448 e. The molecule has 0 aliphatic carbocycles. The summed E-state index contributed by atoms with van der Waals surface area (Å²) in [5.41, 5.74) is 1.39. The molecule has 0 aromatic heterocycles. The van der Waals surface area contributed by atoms with E-state index in [0.717, 1.165) is 12.0 Å². The lowest BCUT2D eigenvalue weighted by atomic mass is 10.0. The van der Waals surface area contributed by atoms with E-state index in [4.69, 9.17) is 9.47 Å². The summed E-state index contributed by atoms with van der Waals surface area (Å²) in [5, 5.41) is 2.60. The first-order valence-corrected chi connectivity index (χ1v) is 8.67. The SMILES string of the molecule is CCc1cccc([C](C)OC(=O)[C@@H](NC(=O)OC(C)(C)C)C(C)C)c1. The fraction of sp³-hybridized carbons (Fsp3) is 0.550. The number of benzene rings is 1. The summed E-state index contributed by atoms with van der Waals surface area (Å²) in [5.74, 6) is -0.630. The Balaban J connectivity index is 2.77. The first kappa shape index (κ1) is 21.0. The number of rotatable bonds is 6. The zero-order valence-corrected chi connectivity index (χ0v) is 16.3. The highest BCUT2D eigenvalue weighted by Crippen LogP contribution is 2.19. The van der Waals surface area contributed by atoms with Crippen LogP contribution in [0, 0.1) is 12.0 Å². The molecule has 1 aromatic rings. The first-order chi connectivity index (χ1) is 11.5. The second-order valence-electron chi connectivity index (χ2n) is 7.40. The third-order valence-corrected chi connectivity index (χ3v) is 3.59. The Labute approximate surface area is 151 Å². The Morgan fingerprint density at radius 3 is 2.36 bits per heavy atom.